The first-order valence-electron chi connectivity index (χ1n) is 6.88. The van der Waals surface area contributed by atoms with Crippen LogP contribution in [0.3, 0.4) is 0 Å². The van der Waals surface area contributed by atoms with Crippen LogP contribution in [0.5, 0.6) is 0 Å². The Morgan fingerprint density at radius 2 is 2.10 bits per heavy atom. The highest BCUT2D eigenvalue weighted by molar-refractivity contribution is 7.15. The molecule has 1 aromatic heterocycles. The predicted octanol–water partition coefficient (Wildman–Crippen LogP) is 4.08. The quantitative estimate of drug-likeness (QED) is 0.923. The maximum absolute atomic E-state index is 13.9. The van der Waals surface area contributed by atoms with Gasteiger partial charge in [-0.25, -0.2) is 13.8 Å². The third-order valence-electron chi connectivity index (χ3n) is 3.58. The van der Waals surface area contributed by atoms with Crippen LogP contribution in [0.2, 0.25) is 0 Å². The largest absolute Gasteiger partial charge is 0.309 e. The van der Waals surface area contributed by atoms with Crippen molar-refractivity contribution >= 4 is 11.3 Å². The number of aryl methyl sites for hydroxylation is 1. The highest BCUT2D eigenvalue weighted by Gasteiger charge is 2.26. The van der Waals surface area contributed by atoms with Gasteiger partial charge in [0.2, 0.25) is 0 Å². The van der Waals surface area contributed by atoms with Crippen LogP contribution in [0, 0.1) is 11.6 Å². The number of thiazole rings is 1. The van der Waals surface area contributed by atoms with E-state index in [0.29, 0.717) is 5.01 Å². The molecular weight excluding hydrogens is 278 g/mol. The molecule has 1 heterocycles. The zero-order valence-corrected chi connectivity index (χ0v) is 12.1. The van der Waals surface area contributed by atoms with E-state index in [1.54, 1.807) is 0 Å². The fraction of sp³-hybridized carbons (Fsp3) is 0.400. The van der Waals surface area contributed by atoms with E-state index in [-0.39, 0.29) is 11.6 Å². The van der Waals surface area contributed by atoms with Crippen molar-refractivity contribution in [3.63, 3.8) is 0 Å². The van der Waals surface area contributed by atoms with Gasteiger partial charge < -0.3 is 5.32 Å². The molecule has 106 valence electrons. The van der Waals surface area contributed by atoms with Gasteiger partial charge in [-0.15, -0.1) is 11.3 Å². The molecule has 0 bridgehead atoms. The van der Waals surface area contributed by atoms with Crippen molar-refractivity contribution in [1.82, 2.24) is 10.3 Å². The third kappa shape index (κ3) is 2.36. The molecule has 0 radical (unpaired) electrons. The van der Waals surface area contributed by atoms with Crippen molar-refractivity contribution in [1.29, 1.82) is 0 Å². The van der Waals surface area contributed by atoms with Crippen molar-refractivity contribution in [3.8, 4) is 10.6 Å². The molecule has 1 unspecified atom stereocenters. The predicted molar refractivity (Wildman–Crippen MR) is 76.8 cm³/mol. The van der Waals surface area contributed by atoms with Crippen molar-refractivity contribution in [2.45, 2.75) is 32.2 Å². The summed E-state index contributed by atoms with van der Waals surface area (Å²) in [7, 11) is 0. The van der Waals surface area contributed by atoms with Crippen LogP contribution < -0.4 is 5.32 Å². The lowest BCUT2D eigenvalue weighted by Crippen LogP contribution is -2.23. The number of rotatable bonds is 3. The number of fused-ring (bicyclic) bond motifs is 1. The molecule has 1 atom stereocenters. The monoisotopic (exact) mass is 294 g/mol. The lowest BCUT2D eigenvalue weighted by molar-refractivity contribution is 0.476. The molecule has 5 heteroatoms. The molecular formula is C15H16F2N2S. The van der Waals surface area contributed by atoms with E-state index in [0.717, 1.165) is 36.4 Å². The standard InChI is InChI=1S/C15H16F2N2S/c1-2-18-11-7-4-8-12-14(11)20-15(19-12)13-9(16)5-3-6-10(13)17/h3,5-6,11,18H,2,4,7-8H2,1H3. The molecule has 1 aliphatic rings. The number of hydrogen-bond acceptors (Lipinski definition) is 3. The minimum atomic E-state index is -0.545. The lowest BCUT2D eigenvalue weighted by atomic mass is 9.98. The molecule has 2 nitrogen and oxygen atoms in total. The van der Waals surface area contributed by atoms with Crippen molar-refractivity contribution in [2.24, 2.45) is 0 Å². The highest BCUT2D eigenvalue weighted by Crippen LogP contribution is 2.39. The molecule has 0 spiro atoms. The second kappa shape index (κ2) is 5.58. The van der Waals surface area contributed by atoms with Gasteiger partial charge in [-0.05, 0) is 37.9 Å². The van der Waals surface area contributed by atoms with Crippen LogP contribution in [0.25, 0.3) is 10.6 Å². The summed E-state index contributed by atoms with van der Waals surface area (Å²) < 4.78 is 27.7. The summed E-state index contributed by atoms with van der Waals surface area (Å²) in [5, 5.41) is 3.87. The summed E-state index contributed by atoms with van der Waals surface area (Å²) in [4.78, 5) is 5.61. The van der Waals surface area contributed by atoms with E-state index in [1.165, 1.54) is 29.5 Å². The van der Waals surface area contributed by atoms with Gasteiger partial charge in [-0.3, -0.25) is 0 Å². The van der Waals surface area contributed by atoms with E-state index in [2.05, 4.69) is 17.2 Å². The summed E-state index contributed by atoms with van der Waals surface area (Å²) in [5.41, 5.74) is 0.993. The molecule has 0 fully saturated rings. The second-order valence-electron chi connectivity index (χ2n) is 4.93. The number of nitrogens with zero attached hydrogens (tertiary/aromatic N) is 1. The Labute approximate surface area is 120 Å². The number of nitrogens with one attached hydrogen (secondary N) is 1. The Bertz CT molecular complexity index is 604. The summed E-state index contributed by atoms with van der Waals surface area (Å²) in [6.45, 7) is 2.94. The maximum Gasteiger partial charge on any atom is 0.136 e. The van der Waals surface area contributed by atoms with Gasteiger partial charge in [0, 0.05) is 10.9 Å². The van der Waals surface area contributed by atoms with E-state index >= 15 is 0 Å². The molecule has 0 aliphatic heterocycles. The van der Waals surface area contributed by atoms with Crippen molar-refractivity contribution < 1.29 is 8.78 Å². The second-order valence-corrected chi connectivity index (χ2v) is 5.96. The van der Waals surface area contributed by atoms with Gasteiger partial charge in [0.05, 0.1) is 11.3 Å². The van der Waals surface area contributed by atoms with Gasteiger partial charge in [0.25, 0.3) is 0 Å². The number of aromatic nitrogens is 1. The summed E-state index contributed by atoms with van der Waals surface area (Å²) in [6.07, 6.45) is 3.01. The average molecular weight is 294 g/mol. The Balaban J connectivity index is 2.05. The number of hydrogen-bond donors (Lipinski definition) is 1. The molecule has 3 rings (SSSR count). The van der Waals surface area contributed by atoms with E-state index in [1.807, 2.05) is 0 Å². The summed E-state index contributed by atoms with van der Waals surface area (Å²) >= 11 is 1.41. The molecule has 0 saturated heterocycles. The number of benzene rings is 1. The van der Waals surface area contributed by atoms with E-state index in [4.69, 9.17) is 0 Å². The normalized spacial score (nSPS) is 18.1. The fourth-order valence-electron chi connectivity index (χ4n) is 2.67. The molecule has 0 saturated carbocycles. The maximum atomic E-state index is 13.9. The highest BCUT2D eigenvalue weighted by atomic mass is 32.1. The SMILES string of the molecule is CCNC1CCCc2nc(-c3c(F)cccc3F)sc21. The van der Waals surface area contributed by atoms with Crippen LogP contribution in [-0.2, 0) is 6.42 Å². The van der Waals surface area contributed by atoms with Crippen LogP contribution in [0.4, 0.5) is 8.78 Å². The summed E-state index contributed by atoms with van der Waals surface area (Å²) in [6, 6.07) is 4.20. The first kappa shape index (κ1) is 13.6. The Morgan fingerprint density at radius 3 is 2.80 bits per heavy atom. The van der Waals surface area contributed by atoms with Gasteiger partial charge in [-0.1, -0.05) is 13.0 Å². The Kier molecular flexibility index (Phi) is 3.81. The Hall–Kier alpha value is -1.33. The fourth-order valence-corrected chi connectivity index (χ4v) is 3.94. The van der Waals surface area contributed by atoms with Gasteiger partial charge in [0.1, 0.15) is 16.6 Å². The van der Waals surface area contributed by atoms with Gasteiger partial charge in [0.15, 0.2) is 0 Å². The minimum Gasteiger partial charge on any atom is -0.309 e. The van der Waals surface area contributed by atoms with Crippen LogP contribution in [-0.4, -0.2) is 11.5 Å². The first-order valence-corrected chi connectivity index (χ1v) is 7.69. The topological polar surface area (TPSA) is 24.9 Å². The van der Waals surface area contributed by atoms with Crippen LogP contribution in [0.15, 0.2) is 18.2 Å². The van der Waals surface area contributed by atoms with E-state index < -0.39 is 11.6 Å². The molecule has 1 aromatic carbocycles. The molecule has 1 aliphatic carbocycles. The molecule has 0 amide bonds. The molecule has 2 aromatic rings. The smallest absolute Gasteiger partial charge is 0.136 e. The third-order valence-corrected chi connectivity index (χ3v) is 4.81. The van der Waals surface area contributed by atoms with Crippen LogP contribution >= 0.6 is 11.3 Å². The van der Waals surface area contributed by atoms with Gasteiger partial charge in [-0.2, -0.15) is 0 Å². The summed E-state index contributed by atoms with van der Waals surface area (Å²) in [5.74, 6) is -1.09. The zero-order chi connectivity index (χ0) is 14.1. The molecule has 20 heavy (non-hydrogen) atoms. The van der Waals surface area contributed by atoms with Crippen molar-refractivity contribution in [3.05, 3.63) is 40.4 Å². The zero-order valence-electron chi connectivity index (χ0n) is 11.2. The Morgan fingerprint density at radius 1 is 1.35 bits per heavy atom. The minimum absolute atomic E-state index is 0.00199. The van der Waals surface area contributed by atoms with Crippen LogP contribution in [0.1, 0.15) is 36.4 Å². The molecule has 1 N–H and O–H groups in total. The average Bonchev–Trinajstić information content (AvgIpc) is 2.83. The van der Waals surface area contributed by atoms with E-state index in [9.17, 15) is 8.78 Å². The lowest BCUT2D eigenvalue weighted by Gasteiger charge is -2.21. The first-order chi connectivity index (χ1) is 9.70. The van der Waals surface area contributed by atoms with Gasteiger partial charge >= 0.3 is 0 Å². The van der Waals surface area contributed by atoms with Crippen molar-refractivity contribution in [2.75, 3.05) is 6.54 Å². The number of halogens is 2.